The first-order valence-electron chi connectivity index (χ1n) is 12.4. The van der Waals surface area contributed by atoms with Crippen LogP contribution in [0.2, 0.25) is 0 Å². The third-order valence-electron chi connectivity index (χ3n) is 7.63. The average Bonchev–Trinajstić information content (AvgIpc) is 2.91. The molecule has 6 aromatic carbocycles. The molecule has 0 bridgehead atoms. The highest BCUT2D eigenvalue weighted by atomic mass is 16.3. The normalized spacial score (nSPS) is 12.2. The molecule has 2 nitrogen and oxygen atoms in total. The lowest BCUT2D eigenvalue weighted by atomic mass is 9.86. The zero-order valence-electron chi connectivity index (χ0n) is 20.1. The zero-order chi connectivity index (χ0) is 24.0. The minimum absolute atomic E-state index is 0.881. The van der Waals surface area contributed by atoms with E-state index in [9.17, 15) is 0 Å². The molecule has 0 saturated carbocycles. The van der Waals surface area contributed by atoms with Crippen LogP contribution >= 0.6 is 0 Å². The van der Waals surface area contributed by atoms with Crippen LogP contribution in [0.1, 0.15) is 11.1 Å². The first-order valence-corrected chi connectivity index (χ1v) is 12.4. The zero-order valence-corrected chi connectivity index (χ0v) is 20.1. The number of rotatable bonds is 2. The maximum Gasteiger partial charge on any atom is 0.136 e. The molecule has 2 aliphatic heterocycles. The fourth-order valence-electron chi connectivity index (χ4n) is 5.84. The van der Waals surface area contributed by atoms with Gasteiger partial charge in [0.05, 0.1) is 0 Å². The molecule has 0 amide bonds. The number of benzene rings is 6. The Labute approximate surface area is 208 Å². The first kappa shape index (κ1) is 19.7. The SMILES string of the molecule is Cc1ccc(-c2ccc3oc4ccc5c(-c6ccc(C)cc6)ccc6oc7ccc2c3c7-c4c65)cc1. The summed E-state index contributed by atoms with van der Waals surface area (Å²) in [6.45, 7) is 4.24. The monoisotopic (exact) mass is 462 g/mol. The number of hydrogen-bond acceptors (Lipinski definition) is 2. The van der Waals surface area contributed by atoms with Crippen LogP contribution in [0.3, 0.4) is 0 Å². The van der Waals surface area contributed by atoms with E-state index in [4.69, 9.17) is 8.83 Å². The van der Waals surface area contributed by atoms with E-state index in [1.165, 1.54) is 44.2 Å². The standard InChI is InChI=1S/C34H22O2/c1-19-3-7-21(8-4-19)23-11-15-27-31-25(23)13-17-29-33(31)34-30(35-27)18-14-26-24(12-16-28(36-29)32(26)34)22-9-5-20(2)6-10-22/h3-18H,1-2H3. The minimum atomic E-state index is 0.881. The second kappa shape index (κ2) is 6.99. The summed E-state index contributed by atoms with van der Waals surface area (Å²) in [4.78, 5) is 0. The highest BCUT2D eigenvalue weighted by Gasteiger charge is 2.26. The van der Waals surface area contributed by atoms with E-state index < -0.39 is 0 Å². The second-order valence-corrected chi connectivity index (χ2v) is 9.88. The molecule has 2 aliphatic rings. The fraction of sp³-hybridized carbons (Fsp3) is 0.0588. The van der Waals surface area contributed by atoms with Crippen LogP contribution in [0, 0.1) is 13.8 Å². The van der Waals surface area contributed by atoms with Gasteiger partial charge in [0, 0.05) is 21.9 Å². The fourth-order valence-corrected chi connectivity index (χ4v) is 5.84. The van der Waals surface area contributed by atoms with Gasteiger partial charge in [-0.25, -0.2) is 0 Å². The summed E-state index contributed by atoms with van der Waals surface area (Å²) >= 11 is 0. The third kappa shape index (κ3) is 2.61. The molecule has 36 heavy (non-hydrogen) atoms. The van der Waals surface area contributed by atoms with Gasteiger partial charge in [-0.1, -0.05) is 71.8 Å². The van der Waals surface area contributed by atoms with Gasteiger partial charge in [-0.05, 0) is 83.3 Å². The third-order valence-corrected chi connectivity index (χ3v) is 7.63. The van der Waals surface area contributed by atoms with E-state index in [0.717, 1.165) is 44.2 Å². The summed E-state index contributed by atoms with van der Waals surface area (Å²) in [6.07, 6.45) is 0. The quantitative estimate of drug-likeness (QED) is 0.189. The molecule has 170 valence electrons. The summed E-state index contributed by atoms with van der Waals surface area (Å²) < 4.78 is 13.1. The van der Waals surface area contributed by atoms with E-state index >= 15 is 0 Å². The molecule has 0 unspecified atom stereocenters. The largest absolute Gasteiger partial charge is 0.456 e. The average molecular weight is 463 g/mol. The second-order valence-electron chi connectivity index (χ2n) is 9.88. The summed E-state index contributed by atoms with van der Waals surface area (Å²) in [5.41, 5.74) is 13.1. The van der Waals surface area contributed by atoms with E-state index in [0.29, 0.717) is 0 Å². The van der Waals surface area contributed by atoms with E-state index in [1.807, 2.05) is 0 Å². The lowest BCUT2D eigenvalue weighted by Crippen LogP contribution is -1.96. The van der Waals surface area contributed by atoms with Gasteiger partial charge in [0.2, 0.25) is 0 Å². The summed E-state index contributed by atoms with van der Waals surface area (Å²) in [7, 11) is 0. The van der Waals surface area contributed by atoms with Gasteiger partial charge in [-0.3, -0.25) is 0 Å². The molecule has 0 aliphatic carbocycles. The van der Waals surface area contributed by atoms with Crippen LogP contribution in [0.4, 0.5) is 0 Å². The summed E-state index contributed by atoms with van der Waals surface area (Å²) in [6, 6.07) is 34.6. The molecule has 2 heteroatoms. The van der Waals surface area contributed by atoms with Crippen molar-refractivity contribution in [2.75, 3.05) is 0 Å². The van der Waals surface area contributed by atoms with Gasteiger partial charge in [0.1, 0.15) is 22.3 Å². The Morgan fingerprint density at radius 2 is 0.778 bits per heavy atom. The molecule has 0 fully saturated rings. The van der Waals surface area contributed by atoms with Crippen molar-refractivity contribution in [3.05, 3.63) is 108 Å². The van der Waals surface area contributed by atoms with Gasteiger partial charge in [-0.2, -0.15) is 0 Å². The van der Waals surface area contributed by atoms with Crippen LogP contribution in [-0.4, -0.2) is 0 Å². The number of aryl methyl sites for hydroxylation is 2. The Hall–Kier alpha value is -4.56. The smallest absolute Gasteiger partial charge is 0.136 e. The van der Waals surface area contributed by atoms with Gasteiger partial charge < -0.3 is 8.83 Å². The van der Waals surface area contributed by atoms with Crippen molar-refractivity contribution in [1.29, 1.82) is 0 Å². The molecular weight excluding hydrogens is 440 g/mol. The van der Waals surface area contributed by atoms with E-state index in [-0.39, 0.29) is 0 Å². The van der Waals surface area contributed by atoms with Crippen LogP contribution in [-0.2, 0) is 0 Å². The Morgan fingerprint density at radius 1 is 0.389 bits per heavy atom. The minimum Gasteiger partial charge on any atom is -0.456 e. The maximum atomic E-state index is 6.56. The lowest BCUT2D eigenvalue weighted by molar-refractivity contribution is 0.646. The molecule has 0 saturated heterocycles. The van der Waals surface area contributed by atoms with Crippen LogP contribution < -0.4 is 0 Å². The van der Waals surface area contributed by atoms with E-state index in [2.05, 4.69) is 111 Å². The van der Waals surface area contributed by atoms with Crippen molar-refractivity contribution in [1.82, 2.24) is 0 Å². The Morgan fingerprint density at radius 3 is 1.19 bits per heavy atom. The highest BCUT2D eigenvalue weighted by Crippen LogP contribution is 2.50. The van der Waals surface area contributed by atoms with Gasteiger partial charge in [0.15, 0.2) is 0 Å². The van der Waals surface area contributed by atoms with Crippen molar-refractivity contribution < 1.29 is 8.83 Å². The molecule has 0 radical (unpaired) electrons. The summed E-state index contributed by atoms with van der Waals surface area (Å²) in [5.74, 6) is 0. The maximum absolute atomic E-state index is 6.56. The van der Waals surface area contributed by atoms with Gasteiger partial charge in [0.25, 0.3) is 0 Å². The van der Waals surface area contributed by atoms with Gasteiger partial charge >= 0.3 is 0 Å². The van der Waals surface area contributed by atoms with Crippen molar-refractivity contribution >= 4 is 43.9 Å². The molecule has 8 rings (SSSR count). The number of hydrogen-bond donors (Lipinski definition) is 0. The van der Waals surface area contributed by atoms with Crippen molar-refractivity contribution in [2.24, 2.45) is 0 Å². The topological polar surface area (TPSA) is 26.3 Å². The molecule has 0 N–H and O–H groups in total. The van der Waals surface area contributed by atoms with Crippen LogP contribution in [0.25, 0.3) is 77.3 Å². The first-order chi connectivity index (χ1) is 17.7. The van der Waals surface area contributed by atoms with E-state index in [1.54, 1.807) is 0 Å². The van der Waals surface area contributed by atoms with Gasteiger partial charge in [-0.15, -0.1) is 0 Å². The molecule has 0 atom stereocenters. The lowest BCUT2D eigenvalue weighted by Gasteiger charge is -2.21. The van der Waals surface area contributed by atoms with Crippen molar-refractivity contribution in [3.8, 4) is 33.4 Å². The van der Waals surface area contributed by atoms with Crippen molar-refractivity contribution in [3.63, 3.8) is 0 Å². The predicted octanol–water partition coefficient (Wildman–Crippen LogP) is 9.98. The predicted molar refractivity (Wildman–Crippen MR) is 149 cm³/mol. The molecule has 0 aromatic heterocycles. The Kier molecular flexibility index (Phi) is 3.83. The highest BCUT2D eigenvalue weighted by molar-refractivity contribution is 6.26. The Balaban J connectivity index is 1.50. The van der Waals surface area contributed by atoms with Crippen molar-refractivity contribution in [2.45, 2.75) is 13.8 Å². The molecule has 0 spiro atoms. The molecule has 2 heterocycles. The molecule has 6 aromatic rings. The summed E-state index contributed by atoms with van der Waals surface area (Å²) in [5, 5.41) is 4.60. The Bertz CT molecular complexity index is 1880. The van der Waals surface area contributed by atoms with Crippen LogP contribution in [0.15, 0.2) is 106 Å². The van der Waals surface area contributed by atoms with Crippen LogP contribution in [0.5, 0.6) is 0 Å². The molecular formula is C34H22O2.